The number of hydrogen-bond donors (Lipinski definition) is 3. The molecule has 0 saturated heterocycles. The molecule has 42 heavy (non-hydrogen) atoms. The topological polar surface area (TPSA) is 176 Å². The molecule has 2 heterocycles. The zero-order valence-corrected chi connectivity index (χ0v) is 26.0. The molecule has 4 N–H and O–H groups in total. The number of nitrogens with one attached hydrogen (secondary N) is 1. The fourth-order valence-corrected chi connectivity index (χ4v) is 4.05. The van der Waals surface area contributed by atoms with Gasteiger partial charge in [-0.25, -0.2) is 13.5 Å². The fraction of sp³-hybridized carbons (Fsp3) is 0.556. The number of hydrogen-bond acceptors (Lipinski definition) is 11. The molecule has 15 heteroatoms. The first-order chi connectivity index (χ1) is 19.6. The van der Waals surface area contributed by atoms with Gasteiger partial charge in [0.05, 0.1) is 49.1 Å². The third kappa shape index (κ3) is 12.1. The summed E-state index contributed by atoms with van der Waals surface area (Å²) in [5, 5.41) is 20.7. The van der Waals surface area contributed by atoms with Gasteiger partial charge in [0, 0.05) is 43.5 Å². The first-order valence-electron chi connectivity index (χ1n) is 13.6. The minimum absolute atomic E-state index is 0.0987. The van der Waals surface area contributed by atoms with Crippen molar-refractivity contribution in [3.63, 3.8) is 0 Å². The van der Waals surface area contributed by atoms with Gasteiger partial charge in [-0.3, -0.25) is 9.45 Å². The van der Waals surface area contributed by atoms with Crippen molar-refractivity contribution < 1.29 is 21.9 Å². The molecule has 0 atom stereocenters. The second kappa shape index (κ2) is 14.1. The van der Waals surface area contributed by atoms with E-state index < -0.39 is 10.4 Å². The first-order valence-corrected chi connectivity index (χ1v) is 15.0. The summed E-state index contributed by atoms with van der Waals surface area (Å²) in [7, 11) is -4.43. The van der Waals surface area contributed by atoms with Crippen LogP contribution in [-0.2, 0) is 39.8 Å². The highest BCUT2D eigenvalue weighted by Crippen LogP contribution is 2.16. The lowest BCUT2D eigenvalue weighted by Gasteiger charge is -2.23. The smallest absolute Gasteiger partial charge is 0.397 e. The van der Waals surface area contributed by atoms with Crippen molar-refractivity contribution in [3.8, 4) is 5.75 Å². The van der Waals surface area contributed by atoms with Gasteiger partial charge in [0.1, 0.15) is 5.75 Å². The van der Waals surface area contributed by atoms with Crippen LogP contribution in [0.1, 0.15) is 64.9 Å². The quantitative estimate of drug-likeness (QED) is 0.171. The second-order valence-corrected chi connectivity index (χ2v) is 13.2. The Labute approximate surface area is 247 Å². The molecule has 0 aliphatic carbocycles. The van der Waals surface area contributed by atoms with Crippen molar-refractivity contribution in [1.29, 1.82) is 0 Å². The van der Waals surface area contributed by atoms with Crippen LogP contribution in [0, 0.1) is 0 Å². The molecule has 0 radical (unpaired) electrons. The minimum Gasteiger partial charge on any atom is -0.494 e. The zero-order chi connectivity index (χ0) is 31.0. The number of ether oxygens (including phenoxy) is 1. The third-order valence-electron chi connectivity index (χ3n) is 5.74. The van der Waals surface area contributed by atoms with Gasteiger partial charge < -0.3 is 15.8 Å². The third-order valence-corrected chi connectivity index (χ3v) is 6.20. The molecular formula is C27H43N9O5S. The van der Waals surface area contributed by atoms with Crippen LogP contribution in [0.5, 0.6) is 5.75 Å². The van der Waals surface area contributed by atoms with Gasteiger partial charge in [-0.05, 0) is 59.2 Å². The van der Waals surface area contributed by atoms with Gasteiger partial charge in [-0.2, -0.15) is 8.42 Å². The van der Waals surface area contributed by atoms with E-state index in [1.807, 2.05) is 47.5 Å². The lowest BCUT2D eigenvalue weighted by molar-refractivity contribution is 0.229. The summed E-state index contributed by atoms with van der Waals surface area (Å²) in [6.07, 6.45) is 6.02. The molecule has 3 rings (SSSR count). The minimum atomic E-state index is -4.43. The Morgan fingerprint density at radius 3 is 2.26 bits per heavy atom. The second-order valence-electron chi connectivity index (χ2n) is 12.1. The maximum Gasteiger partial charge on any atom is 0.397 e. The van der Waals surface area contributed by atoms with Crippen molar-refractivity contribution in [1.82, 2.24) is 40.2 Å². The summed E-state index contributed by atoms with van der Waals surface area (Å²) >= 11 is 0. The fourth-order valence-electron chi connectivity index (χ4n) is 3.72. The van der Waals surface area contributed by atoms with Crippen molar-refractivity contribution in [3.05, 3.63) is 65.5 Å². The van der Waals surface area contributed by atoms with E-state index in [0.717, 1.165) is 17.0 Å². The molecule has 0 saturated carbocycles. The van der Waals surface area contributed by atoms with E-state index in [0.29, 0.717) is 44.0 Å². The summed E-state index contributed by atoms with van der Waals surface area (Å²) < 4.78 is 43.2. The molecule has 0 fully saturated rings. The van der Waals surface area contributed by atoms with Crippen molar-refractivity contribution in [2.75, 3.05) is 19.8 Å². The lowest BCUT2D eigenvalue weighted by Crippen LogP contribution is -2.34. The predicted molar refractivity (Wildman–Crippen MR) is 157 cm³/mol. The Morgan fingerprint density at radius 2 is 1.67 bits per heavy atom. The van der Waals surface area contributed by atoms with Crippen molar-refractivity contribution in [2.45, 2.75) is 78.7 Å². The molecule has 0 spiro atoms. The Morgan fingerprint density at radius 1 is 1.02 bits per heavy atom. The normalized spacial score (nSPS) is 13.1. The number of benzene rings is 1. The van der Waals surface area contributed by atoms with E-state index in [1.165, 1.54) is 0 Å². The summed E-state index contributed by atoms with van der Waals surface area (Å²) in [5.74, 6) is 0.635. The van der Waals surface area contributed by atoms with Gasteiger partial charge in [0.25, 0.3) is 0 Å². The summed E-state index contributed by atoms with van der Waals surface area (Å²) in [5.41, 5.74) is 9.43. The van der Waals surface area contributed by atoms with Gasteiger partial charge in [0.2, 0.25) is 0 Å². The molecule has 1 aromatic carbocycles. The van der Waals surface area contributed by atoms with Crippen LogP contribution in [0.4, 0.5) is 0 Å². The highest BCUT2D eigenvalue weighted by molar-refractivity contribution is 7.80. The van der Waals surface area contributed by atoms with Crippen LogP contribution >= 0.6 is 0 Å². The average molecular weight is 606 g/mol. The van der Waals surface area contributed by atoms with Gasteiger partial charge >= 0.3 is 10.4 Å². The van der Waals surface area contributed by atoms with Crippen LogP contribution in [0.2, 0.25) is 0 Å². The Hall–Kier alpha value is -3.53. The standard InChI is InChI=1S/C27H43N9O5S/c1-26(2,3)29-14-22(28)16-34(18-24-20-36(33-31-24)27(4,5)6)17-23-19-35(32-30-23)15-21-8-10-25(11-9-21)40-12-7-13-41-42(37,38)39/h8-11,14,19-20,29H,7,12-13,15-18,28H2,1-6H3,(H,37,38,39)/b22-14-. The summed E-state index contributed by atoms with van der Waals surface area (Å²) in [6.45, 7) is 14.6. The Balaban J connectivity index is 1.60. The zero-order valence-electron chi connectivity index (χ0n) is 25.2. The van der Waals surface area contributed by atoms with Crippen LogP contribution < -0.4 is 15.8 Å². The van der Waals surface area contributed by atoms with Gasteiger partial charge in [-0.1, -0.05) is 22.6 Å². The predicted octanol–water partition coefficient (Wildman–Crippen LogP) is 2.45. The number of rotatable bonds is 15. The Bertz CT molecular complexity index is 1400. The Kier molecular flexibility index (Phi) is 11.1. The molecule has 14 nitrogen and oxygen atoms in total. The lowest BCUT2D eigenvalue weighted by atomic mass is 10.1. The van der Waals surface area contributed by atoms with E-state index >= 15 is 0 Å². The van der Waals surface area contributed by atoms with Crippen LogP contribution in [0.25, 0.3) is 0 Å². The maximum atomic E-state index is 10.6. The van der Waals surface area contributed by atoms with Crippen molar-refractivity contribution >= 4 is 10.4 Å². The summed E-state index contributed by atoms with van der Waals surface area (Å²) in [6, 6.07) is 7.49. The van der Waals surface area contributed by atoms with E-state index in [9.17, 15) is 8.42 Å². The number of nitrogens with two attached hydrogens (primary N) is 1. The van der Waals surface area contributed by atoms with E-state index in [-0.39, 0.29) is 24.3 Å². The molecule has 3 aromatic rings. The monoisotopic (exact) mass is 605 g/mol. The average Bonchev–Trinajstić information content (AvgIpc) is 3.52. The van der Waals surface area contributed by atoms with E-state index in [1.54, 1.807) is 4.68 Å². The van der Waals surface area contributed by atoms with Crippen LogP contribution in [-0.4, -0.2) is 73.2 Å². The molecule has 232 valence electrons. The molecule has 0 aliphatic heterocycles. The molecule has 0 unspecified atom stereocenters. The molecular weight excluding hydrogens is 562 g/mol. The van der Waals surface area contributed by atoms with Crippen molar-refractivity contribution in [2.24, 2.45) is 5.73 Å². The van der Waals surface area contributed by atoms with Crippen LogP contribution in [0.15, 0.2) is 48.6 Å². The van der Waals surface area contributed by atoms with E-state index in [4.69, 9.17) is 15.0 Å². The highest BCUT2D eigenvalue weighted by Gasteiger charge is 2.18. The molecule has 0 aliphatic rings. The summed E-state index contributed by atoms with van der Waals surface area (Å²) in [4.78, 5) is 2.15. The molecule has 0 amide bonds. The van der Waals surface area contributed by atoms with Crippen LogP contribution in [0.3, 0.4) is 0 Å². The van der Waals surface area contributed by atoms with Gasteiger partial charge in [0.15, 0.2) is 0 Å². The largest absolute Gasteiger partial charge is 0.494 e. The number of aromatic nitrogens is 6. The maximum absolute atomic E-state index is 10.6. The number of nitrogens with zero attached hydrogens (tertiary/aromatic N) is 7. The van der Waals surface area contributed by atoms with Gasteiger partial charge in [-0.15, -0.1) is 10.2 Å². The highest BCUT2D eigenvalue weighted by atomic mass is 32.3. The molecule has 2 aromatic heterocycles. The SMILES string of the molecule is CC(C)(C)N/C=C(\N)CN(Cc1cn(Cc2ccc(OCCCOS(=O)(=O)O)cc2)nn1)Cc1cn(C(C)(C)C)nn1. The molecule has 0 bridgehead atoms. The first kappa shape index (κ1) is 33.0. The van der Waals surface area contributed by atoms with E-state index in [2.05, 4.69) is 76.6 Å².